The Labute approximate surface area is 169 Å². The lowest BCUT2D eigenvalue weighted by Gasteiger charge is -2.29. The van der Waals surface area contributed by atoms with Gasteiger partial charge in [0, 0.05) is 37.1 Å². The van der Waals surface area contributed by atoms with Gasteiger partial charge in [-0.3, -0.25) is 4.79 Å². The smallest absolute Gasteiger partial charge is 0.349 e. The number of benzene rings is 1. The molecular weight excluding hydrogens is 390 g/mol. The molecule has 5 rings (SSSR count). The van der Waals surface area contributed by atoms with E-state index in [9.17, 15) is 9.59 Å². The highest BCUT2D eigenvalue weighted by molar-refractivity contribution is 7.13. The molecule has 1 aliphatic rings. The standard InChI is InChI=1S/C19H17N7O2S/c27-15(22-18-21-7-10-29-18)12-26-19(28)25-9-6-20-16(17(25)23-26)24-8-5-13-3-1-2-4-14(13)11-24/h1-4,6-7,9-10H,5,8,11-12H2,(H,21,22,27). The van der Waals surface area contributed by atoms with Crippen LogP contribution >= 0.6 is 11.3 Å². The first kappa shape index (κ1) is 17.6. The summed E-state index contributed by atoms with van der Waals surface area (Å²) in [7, 11) is 0. The van der Waals surface area contributed by atoms with Gasteiger partial charge in [0.2, 0.25) is 11.6 Å². The molecule has 4 heterocycles. The number of anilines is 2. The molecule has 146 valence electrons. The maximum atomic E-state index is 12.7. The fourth-order valence-corrected chi connectivity index (χ4v) is 4.06. The molecule has 0 unspecified atom stereocenters. The van der Waals surface area contributed by atoms with Gasteiger partial charge in [-0.2, -0.15) is 0 Å². The number of hydrogen-bond donors (Lipinski definition) is 1. The van der Waals surface area contributed by atoms with Gasteiger partial charge in [-0.1, -0.05) is 24.3 Å². The summed E-state index contributed by atoms with van der Waals surface area (Å²) >= 11 is 1.31. The molecule has 0 fully saturated rings. The van der Waals surface area contributed by atoms with Crippen LogP contribution in [-0.2, 0) is 24.3 Å². The van der Waals surface area contributed by atoms with E-state index < -0.39 is 0 Å². The summed E-state index contributed by atoms with van der Waals surface area (Å²) in [4.78, 5) is 35.6. The van der Waals surface area contributed by atoms with Gasteiger partial charge in [0.05, 0.1) is 0 Å². The summed E-state index contributed by atoms with van der Waals surface area (Å²) in [6.07, 6.45) is 5.67. The number of thiazole rings is 1. The molecule has 3 aromatic heterocycles. The predicted molar refractivity (Wildman–Crippen MR) is 109 cm³/mol. The van der Waals surface area contributed by atoms with Crippen molar-refractivity contribution in [2.75, 3.05) is 16.8 Å². The van der Waals surface area contributed by atoms with Crippen molar-refractivity contribution in [2.24, 2.45) is 0 Å². The first-order valence-corrected chi connectivity index (χ1v) is 10.0. The SMILES string of the molecule is O=C(Cn1nc2c(N3CCc4ccccc4C3)nccn2c1=O)Nc1nccs1. The van der Waals surface area contributed by atoms with Crippen molar-refractivity contribution in [3.05, 3.63) is 69.8 Å². The molecule has 10 heteroatoms. The van der Waals surface area contributed by atoms with E-state index in [2.05, 4.69) is 37.4 Å². The van der Waals surface area contributed by atoms with Crippen molar-refractivity contribution >= 4 is 33.8 Å². The topological polar surface area (TPSA) is 97.4 Å². The van der Waals surface area contributed by atoms with Gasteiger partial charge in [0.15, 0.2) is 10.9 Å². The van der Waals surface area contributed by atoms with Crippen LogP contribution in [0.4, 0.5) is 10.9 Å². The van der Waals surface area contributed by atoms with E-state index in [1.807, 2.05) is 12.1 Å². The lowest BCUT2D eigenvalue weighted by Crippen LogP contribution is -2.31. The maximum absolute atomic E-state index is 12.7. The van der Waals surface area contributed by atoms with Crippen molar-refractivity contribution < 1.29 is 4.79 Å². The van der Waals surface area contributed by atoms with Crippen LogP contribution < -0.4 is 15.9 Å². The Balaban J connectivity index is 1.45. The summed E-state index contributed by atoms with van der Waals surface area (Å²) in [6.45, 7) is 1.30. The quantitative estimate of drug-likeness (QED) is 0.551. The third-order valence-corrected chi connectivity index (χ3v) is 5.57. The number of carbonyl (C=O) groups excluding carboxylic acids is 1. The number of aromatic nitrogens is 5. The first-order valence-electron chi connectivity index (χ1n) is 9.14. The van der Waals surface area contributed by atoms with Crippen LogP contribution in [0.5, 0.6) is 0 Å². The molecule has 0 saturated heterocycles. The Bertz CT molecular complexity index is 1250. The fraction of sp³-hybridized carbons (Fsp3) is 0.211. The molecule has 9 nitrogen and oxygen atoms in total. The fourth-order valence-electron chi connectivity index (χ4n) is 3.52. The molecule has 0 spiro atoms. The summed E-state index contributed by atoms with van der Waals surface area (Å²) < 4.78 is 2.58. The highest BCUT2D eigenvalue weighted by atomic mass is 32.1. The van der Waals surface area contributed by atoms with Crippen molar-refractivity contribution in [1.29, 1.82) is 0 Å². The van der Waals surface area contributed by atoms with Gasteiger partial charge in [-0.05, 0) is 17.5 Å². The number of nitrogens with zero attached hydrogens (tertiary/aromatic N) is 6. The number of amides is 1. The molecule has 0 saturated carbocycles. The van der Waals surface area contributed by atoms with Crippen LogP contribution in [0.1, 0.15) is 11.1 Å². The average molecular weight is 407 g/mol. The van der Waals surface area contributed by atoms with Gasteiger partial charge < -0.3 is 10.2 Å². The Morgan fingerprint density at radius 2 is 2.03 bits per heavy atom. The molecule has 4 aromatic rings. The highest BCUT2D eigenvalue weighted by Crippen LogP contribution is 2.24. The van der Waals surface area contributed by atoms with Crippen LogP contribution in [0.25, 0.3) is 5.65 Å². The van der Waals surface area contributed by atoms with Crippen molar-refractivity contribution in [3.8, 4) is 0 Å². The summed E-state index contributed by atoms with van der Waals surface area (Å²) in [5.41, 5.74) is 2.64. The van der Waals surface area contributed by atoms with Crippen molar-refractivity contribution in [1.82, 2.24) is 24.1 Å². The monoisotopic (exact) mass is 407 g/mol. The van der Waals surface area contributed by atoms with E-state index >= 15 is 0 Å². The molecule has 1 aromatic carbocycles. The Morgan fingerprint density at radius 1 is 1.17 bits per heavy atom. The van der Waals surface area contributed by atoms with Gasteiger partial charge in [-0.25, -0.2) is 23.8 Å². The molecule has 0 atom stereocenters. The normalized spacial score (nSPS) is 13.4. The zero-order chi connectivity index (χ0) is 19.8. The second-order valence-corrected chi connectivity index (χ2v) is 7.60. The van der Waals surface area contributed by atoms with E-state index in [1.54, 1.807) is 24.0 Å². The van der Waals surface area contributed by atoms with E-state index in [0.717, 1.165) is 17.6 Å². The molecule has 0 radical (unpaired) electrons. The Morgan fingerprint density at radius 3 is 2.86 bits per heavy atom. The molecule has 1 amide bonds. The first-order chi connectivity index (χ1) is 14.2. The van der Waals surface area contributed by atoms with Crippen LogP contribution in [-0.4, -0.2) is 36.6 Å². The van der Waals surface area contributed by atoms with Gasteiger partial charge in [-0.15, -0.1) is 16.4 Å². The minimum Gasteiger partial charge on any atom is -0.349 e. The zero-order valence-electron chi connectivity index (χ0n) is 15.4. The largest absolute Gasteiger partial charge is 0.350 e. The molecular formula is C19H17N7O2S. The maximum Gasteiger partial charge on any atom is 0.350 e. The molecule has 0 bridgehead atoms. The molecule has 1 N–H and O–H groups in total. The summed E-state index contributed by atoms with van der Waals surface area (Å²) in [6, 6.07) is 8.32. The molecule has 1 aliphatic heterocycles. The van der Waals surface area contributed by atoms with Crippen molar-refractivity contribution in [2.45, 2.75) is 19.5 Å². The molecule has 0 aliphatic carbocycles. The van der Waals surface area contributed by atoms with E-state index in [-0.39, 0.29) is 18.1 Å². The Kier molecular flexibility index (Phi) is 4.32. The Hall–Kier alpha value is -3.53. The second-order valence-electron chi connectivity index (χ2n) is 6.71. The number of nitrogens with one attached hydrogen (secondary N) is 1. The van der Waals surface area contributed by atoms with E-state index in [0.29, 0.717) is 23.1 Å². The number of hydrogen-bond acceptors (Lipinski definition) is 7. The van der Waals surface area contributed by atoms with E-state index in [1.165, 1.54) is 26.9 Å². The van der Waals surface area contributed by atoms with Crippen LogP contribution in [0.2, 0.25) is 0 Å². The molecule has 29 heavy (non-hydrogen) atoms. The van der Waals surface area contributed by atoms with Gasteiger partial charge in [0.25, 0.3) is 0 Å². The minimum absolute atomic E-state index is 0.192. The predicted octanol–water partition coefficient (Wildman–Crippen LogP) is 1.55. The second kappa shape index (κ2) is 7.13. The van der Waals surface area contributed by atoms with Crippen LogP contribution in [0.15, 0.2) is 53.0 Å². The zero-order valence-corrected chi connectivity index (χ0v) is 16.2. The third-order valence-electron chi connectivity index (χ3n) is 4.89. The number of carbonyl (C=O) groups is 1. The third kappa shape index (κ3) is 3.27. The summed E-state index contributed by atoms with van der Waals surface area (Å²) in [5, 5.41) is 9.31. The minimum atomic E-state index is -0.379. The van der Waals surface area contributed by atoms with E-state index in [4.69, 9.17) is 0 Å². The lowest BCUT2D eigenvalue weighted by atomic mass is 10.00. The highest BCUT2D eigenvalue weighted by Gasteiger charge is 2.22. The average Bonchev–Trinajstić information content (AvgIpc) is 3.36. The summed E-state index contributed by atoms with van der Waals surface area (Å²) in [5.74, 6) is 0.282. The van der Waals surface area contributed by atoms with Crippen molar-refractivity contribution in [3.63, 3.8) is 0 Å². The number of rotatable bonds is 4. The van der Waals surface area contributed by atoms with Gasteiger partial charge in [0.1, 0.15) is 6.54 Å². The van der Waals surface area contributed by atoms with Gasteiger partial charge >= 0.3 is 5.69 Å². The number of fused-ring (bicyclic) bond motifs is 2. The van der Waals surface area contributed by atoms with Crippen LogP contribution in [0, 0.1) is 0 Å². The van der Waals surface area contributed by atoms with Crippen LogP contribution in [0.3, 0.4) is 0 Å². The lowest BCUT2D eigenvalue weighted by molar-refractivity contribution is -0.117.